The summed E-state index contributed by atoms with van der Waals surface area (Å²) in [7, 11) is 0. The number of hydrogen-bond acceptors (Lipinski definition) is 6. The number of nitrogens with two attached hydrogens (primary N) is 1. The summed E-state index contributed by atoms with van der Waals surface area (Å²) in [4.78, 5) is 7.97. The number of hydrogen-bond donors (Lipinski definition) is 2. The number of nitrogens with zero attached hydrogens (tertiary/aromatic N) is 3. The maximum Gasteiger partial charge on any atom is 0.160 e. The zero-order valence-corrected chi connectivity index (χ0v) is 9.70. The lowest BCUT2D eigenvalue weighted by atomic mass is 10.5. The Morgan fingerprint density at radius 2 is 2.13 bits per heavy atom. The summed E-state index contributed by atoms with van der Waals surface area (Å²) < 4.78 is 5.93. The summed E-state index contributed by atoms with van der Waals surface area (Å²) in [5.41, 5.74) is 8.81. The first-order valence-corrected chi connectivity index (χ1v) is 5.42. The summed E-state index contributed by atoms with van der Waals surface area (Å²) in [6.07, 6.45) is 1.43. The highest BCUT2D eigenvalue weighted by atomic mass is 79.9. The molecule has 0 aromatic carbocycles. The van der Waals surface area contributed by atoms with Crippen LogP contribution in [0.5, 0.6) is 0 Å². The molecule has 7 heteroatoms. The molecule has 0 spiro atoms. The Morgan fingerprint density at radius 3 is 2.87 bits per heavy atom. The molecule has 0 aliphatic carbocycles. The van der Waals surface area contributed by atoms with Crippen LogP contribution in [0.25, 0.3) is 0 Å². The van der Waals surface area contributed by atoms with E-state index in [4.69, 9.17) is 10.5 Å². The maximum atomic E-state index is 5.64. The summed E-state index contributed by atoms with van der Waals surface area (Å²) in [5.74, 6) is 1.12. The van der Waals surface area contributed by atoms with Crippen LogP contribution in [0.15, 0.2) is 10.8 Å². The quantitative estimate of drug-likeness (QED) is 0.817. The molecule has 0 amide bonds. The predicted octanol–water partition coefficient (Wildman–Crippen LogP) is 0.480. The second-order valence-electron chi connectivity index (χ2n) is 3.13. The van der Waals surface area contributed by atoms with Crippen molar-refractivity contribution < 1.29 is 4.74 Å². The van der Waals surface area contributed by atoms with Gasteiger partial charge in [0.25, 0.3) is 0 Å². The zero-order chi connectivity index (χ0) is 10.7. The molecule has 6 nitrogen and oxygen atoms in total. The number of halogens is 1. The molecule has 2 heterocycles. The Kier molecular flexibility index (Phi) is 3.34. The first-order valence-electron chi connectivity index (χ1n) is 4.62. The molecule has 0 atom stereocenters. The molecular weight excluding hydrogens is 262 g/mol. The number of aromatic nitrogens is 2. The largest absolute Gasteiger partial charge is 0.383 e. The number of ether oxygens (including phenoxy) is 1. The van der Waals surface area contributed by atoms with E-state index in [1.807, 2.05) is 5.01 Å². The molecule has 1 aromatic heterocycles. The second kappa shape index (κ2) is 4.73. The van der Waals surface area contributed by atoms with E-state index in [-0.39, 0.29) is 0 Å². The number of nitrogens with one attached hydrogen (secondary N) is 1. The van der Waals surface area contributed by atoms with Crippen LogP contribution in [-0.2, 0) is 4.74 Å². The maximum absolute atomic E-state index is 5.64. The molecule has 0 bridgehead atoms. The fourth-order valence-corrected chi connectivity index (χ4v) is 1.58. The minimum Gasteiger partial charge on any atom is -0.383 e. The van der Waals surface area contributed by atoms with E-state index in [1.165, 1.54) is 6.33 Å². The van der Waals surface area contributed by atoms with Crippen LogP contribution in [0.1, 0.15) is 0 Å². The molecular formula is C8H12BrN5O. The van der Waals surface area contributed by atoms with Gasteiger partial charge < -0.3 is 15.9 Å². The Morgan fingerprint density at radius 1 is 1.40 bits per heavy atom. The highest BCUT2D eigenvalue weighted by molar-refractivity contribution is 9.10. The van der Waals surface area contributed by atoms with Gasteiger partial charge in [-0.05, 0) is 15.9 Å². The monoisotopic (exact) mass is 273 g/mol. The Labute approximate surface area is 95.9 Å². The van der Waals surface area contributed by atoms with Crippen molar-refractivity contribution in [3.05, 3.63) is 10.8 Å². The van der Waals surface area contributed by atoms with E-state index < -0.39 is 0 Å². The first kappa shape index (κ1) is 10.6. The van der Waals surface area contributed by atoms with Gasteiger partial charge in [0, 0.05) is 13.1 Å². The molecule has 1 saturated heterocycles. The third-order valence-corrected chi connectivity index (χ3v) is 2.87. The summed E-state index contributed by atoms with van der Waals surface area (Å²) in [5, 5.41) is 2.04. The Hall–Kier alpha value is -0.920. The molecule has 0 saturated carbocycles. The zero-order valence-electron chi connectivity index (χ0n) is 8.11. The van der Waals surface area contributed by atoms with Crippen molar-refractivity contribution >= 4 is 27.6 Å². The van der Waals surface area contributed by atoms with Crippen molar-refractivity contribution in [2.75, 3.05) is 37.5 Å². The SMILES string of the molecule is Nc1ncnc(NN2CCOCC2)c1Br. The third kappa shape index (κ3) is 2.55. The van der Waals surface area contributed by atoms with Crippen molar-refractivity contribution in [3.63, 3.8) is 0 Å². The van der Waals surface area contributed by atoms with Crippen LogP contribution in [0, 0.1) is 0 Å². The summed E-state index contributed by atoms with van der Waals surface area (Å²) in [6, 6.07) is 0. The topological polar surface area (TPSA) is 76.3 Å². The van der Waals surface area contributed by atoms with Gasteiger partial charge in [-0.1, -0.05) is 0 Å². The minimum absolute atomic E-state index is 0.431. The molecule has 82 valence electrons. The van der Waals surface area contributed by atoms with Crippen molar-refractivity contribution in [1.29, 1.82) is 0 Å². The third-order valence-electron chi connectivity index (χ3n) is 2.09. The normalized spacial score (nSPS) is 17.7. The smallest absolute Gasteiger partial charge is 0.160 e. The Bertz CT molecular complexity index is 342. The van der Waals surface area contributed by atoms with Gasteiger partial charge >= 0.3 is 0 Å². The minimum atomic E-state index is 0.431. The van der Waals surface area contributed by atoms with E-state index in [0.717, 1.165) is 26.3 Å². The lowest BCUT2D eigenvalue weighted by Crippen LogP contribution is -2.40. The number of rotatable bonds is 2. The first-order chi connectivity index (χ1) is 7.27. The molecule has 1 aliphatic heterocycles. The van der Waals surface area contributed by atoms with Crippen LogP contribution in [0.2, 0.25) is 0 Å². The fraction of sp³-hybridized carbons (Fsp3) is 0.500. The number of morpholine rings is 1. The lowest BCUT2D eigenvalue weighted by Gasteiger charge is -2.27. The molecule has 1 aromatic rings. The highest BCUT2D eigenvalue weighted by Gasteiger charge is 2.13. The van der Waals surface area contributed by atoms with Crippen LogP contribution < -0.4 is 11.2 Å². The molecule has 2 rings (SSSR count). The van der Waals surface area contributed by atoms with Gasteiger partial charge in [0.2, 0.25) is 0 Å². The second-order valence-corrected chi connectivity index (χ2v) is 3.93. The Balaban J connectivity index is 2.06. The van der Waals surface area contributed by atoms with E-state index >= 15 is 0 Å². The van der Waals surface area contributed by atoms with Gasteiger partial charge in [-0.2, -0.15) is 0 Å². The number of nitrogen functional groups attached to an aromatic ring is 1. The van der Waals surface area contributed by atoms with Crippen LogP contribution in [-0.4, -0.2) is 41.3 Å². The van der Waals surface area contributed by atoms with Gasteiger partial charge in [-0.25, -0.2) is 15.0 Å². The van der Waals surface area contributed by atoms with Crippen molar-refractivity contribution in [1.82, 2.24) is 15.0 Å². The van der Waals surface area contributed by atoms with Crippen LogP contribution in [0.3, 0.4) is 0 Å². The number of anilines is 2. The van der Waals surface area contributed by atoms with E-state index in [2.05, 4.69) is 31.3 Å². The van der Waals surface area contributed by atoms with E-state index in [1.54, 1.807) is 0 Å². The summed E-state index contributed by atoms with van der Waals surface area (Å²) >= 11 is 3.34. The van der Waals surface area contributed by atoms with Gasteiger partial charge in [-0.3, -0.25) is 0 Å². The van der Waals surface area contributed by atoms with E-state index in [9.17, 15) is 0 Å². The lowest BCUT2D eigenvalue weighted by molar-refractivity contribution is 0.0494. The van der Waals surface area contributed by atoms with E-state index in [0.29, 0.717) is 16.1 Å². The fourth-order valence-electron chi connectivity index (χ4n) is 1.29. The predicted molar refractivity (Wildman–Crippen MR) is 60.2 cm³/mol. The standard InChI is InChI=1S/C8H12BrN5O/c9-6-7(10)11-5-12-8(6)13-14-1-3-15-4-2-14/h5H,1-4H2,(H3,10,11,12,13). The van der Waals surface area contributed by atoms with Crippen LogP contribution >= 0.6 is 15.9 Å². The molecule has 0 radical (unpaired) electrons. The van der Waals surface area contributed by atoms with Crippen molar-refractivity contribution in [2.45, 2.75) is 0 Å². The molecule has 3 N–H and O–H groups in total. The molecule has 1 fully saturated rings. The average molecular weight is 274 g/mol. The molecule has 15 heavy (non-hydrogen) atoms. The van der Waals surface area contributed by atoms with Gasteiger partial charge in [0.1, 0.15) is 16.6 Å². The van der Waals surface area contributed by atoms with Crippen molar-refractivity contribution in [2.24, 2.45) is 0 Å². The number of hydrazine groups is 1. The van der Waals surface area contributed by atoms with Crippen molar-refractivity contribution in [3.8, 4) is 0 Å². The van der Waals surface area contributed by atoms with Gasteiger partial charge in [0.05, 0.1) is 13.2 Å². The van der Waals surface area contributed by atoms with Crippen LogP contribution in [0.4, 0.5) is 11.6 Å². The molecule has 1 aliphatic rings. The average Bonchev–Trinajstić information content (AvgIpc) is 2.26. The highest BCUT2D eigenvalue weighted by Crippen LogP contribution is 2.24. The summed E-state index contributed by atoms with van der Waals surface area (Å²) in [6.45, 7) is 3.11. The van der Waals surface area contributed by atoms with Gasteiger partial charge in [-0.15, -0.1) is 0 Å². The van der Waals surface area contributed by atoms with Gasteiger partial charge in [0.15, 0.2) is 5.82 Å². The molecule has 0 unspecified atom stereocenters.